The molecule has 12 nitrogen and oxygen atoms in total. The number of aliphatic hydroxyl groups is 6. The van der Waals surface area contributed by atoms with Crippen LogP contribution in [0.4, 0.5) is 17.6 Å². The van der Waals surface area contributed by atoms with Crippen molar-refractivity contribution in [3.8, 4) is 67.5 Å². The van der Waals surface area contributed by atoms with Crippen LogP contribution >= 0.6 is 0 Å². The van der Waals surface area contributed by atoms with Crippen LogP contribution in [0.3, 0.4) is 0 Å². The molecule has 0 aliphatic rings. The van der Waals surface area contributed by atoms with Gasteiger partial charge < -0.3 is 45.6 Å². The molecule has 6 unspecified atom stereocenters. The van der Waals surface area contributed by atoms with E-state index < -0.39 is 12.2 Å². The van der Waals surface area contributed by atoms with Gasteiger partial charge in [-0.3, -0.25) is 23.7 Å². The maximum atomic E-state index is 13.1. The number of rotatable bonds is 16. The predicted octanol–water partition coefficient (Wildman–Crippen LogP) is 17.4. The molecule has 0 aliphatic heterocycles. The van der Waals surface area contributed by atoms with Gasteiger partial charge in [0, 0.05) is 120 Å². The summed E-state index contributed by atoms with van der Waals surface area (Å²) in [5, 5.41) is 56.4. The fourth-order valence-corrected chi connectivity index (χ4v) is 8.93. The average molecular weight is 1890 g/mol. The summed E-state index contributed by atoms with van der Waals surface area (Å²) in [5.41, 5.74) is 12.7. The summed E-state index contributed by atoms with van der Waals surface area (Å²) in [5.74, 6) is -0.353. The molecule has 0 saturated heterocycles. The summed E-state index contributed by atoms with van der Waals surface area (Å²) >= 11 is 0. The van der Waals surface area contributed by atoms with Gasteiger partial charge >= 0.3 is 0 Å². The minimum atomic E-state index is -0.443. The summed E-state index contributed by atoms with van der Waals surface area (Å²) in [6, 6.07) is 43.9. The molecule has 9 aromatic rings. The fourth-order valence-electron chi connectivity index (χ4n) is 8.93. The van der Waals surface area contributed by atoms with E-state index in [2.05, 4.69) is 106 Å². The van der Waals surface area contributed by atoms with Gasteiger partial charge in [0.25, 0.3) is 0 Å². The van der Waals surface area contributed by atoms with Crippen LogP contribution in [-0.2, 0) is 60.3 Å². The van der Waals surface area contributed by atoms with Gasteiger partial charge in [-0.2, -0.15) is 0 Å². The first-order valence-electron chi connectivity index (χ1n) is 32.5. The van der Waals surface area contributed by atoms with E-state index >= 15 is 0 Å². The van der Waals surface area contributed by atoms with Gasteiger partial charge in [0.15, 0.2) is 0 Å². The van der Waals surface area contributed by atoms with Crippen LogP contribution in [0.5, 0.6) is 0 Å². The van der Waals surface area contributed by atoms with Crippen molar-refractivity contribution in [3.05, 3.63) is 216 Å². The average Bonchev–Trinajstić information content (AvgIpc) is 0.822. The van der Waals surface area contributed by atoms with E-state index in [4.69, 9.17) is 5.11 Å². The van der Waals surface area contributed by atoms with E-state index in [1.54, 1.807) is 68.1 Å². The Kier molecular flexibility index (Phi) is 40.8. The van der Waals surface area contributed by atoms with E-state index in [0.717, 1.165) is 51.5 Å². The topological polar surface area (TPSA) is 199 Å². The number of aryl methyl sites for hydroxylation is 4. The summed E-state index contributed by atoms with van der Waals surface area (Å²) in [7, 11) is 0. The molecule has 3 heterocycles. The molecule has 99 heavy (non-hydrogen) atoms. The maximum Gasteiger partial charge on any atom is 0.123 e. The minimum absolute atomic E-state index is 0. The molecule has 3 radical (unpaired) electrons. The Morgan fingerprint density at radius 2 is 0.707 bits per heavy atom. The molecule has 19 heteroatoms. The zero-order chi connectivity index (χ0) is 71.6. The van der Waals surface area contributed by atoms with Crippen molar-refractivity contribution in [3.63, 3.8) is 0 Å². The van der Waals surface area contributed by atoms with Crippen LogP contribution in [0.15, 0.2) is 152 Å². The Morgan fingerprint density at radius 1 is 0.374 bits per heavy atom. The number of halogens is 4. The molecule has 0 saturated carbocycles. The summed E-state index contributed by atoms with van der Waals surface area (Å²) in [4.78, 5) is 26.7. The Hall–Kier alpha value is -6.01. The molecule has 9 rings (SSSR count). The molecule has 6 atom stereocenters. The molecule has 0 amide bonds. The molecule has 6 N–H and O–H groups in total. The smallest absolute Gasteiger partial charge is 0.123 e. The monoisotopic (exact) mass is 1890 g/mol. The van der Waals surface area contributed by atoms with E-state index in [0.29, 0.717) is 59.1 Å². The summed E-state index contributed by atoms with van der Waals surface area (Å²) in [6.07, 6.45) is 6.62. The van der Waals surface area contributed by atoms with Gasteiger partial charge in [0.05, 0.1) is 65.1 Å². The fraction of sp³-hybridized carbons (Fsp3) is 0.400. The van der Waals surface area contributed by atoms with E-state index in [-0.39, 0.29) is 131 Å². The second-order valence-electron chi connectivity index (χ2n) is 27.4. The molecule has 0 bridgehead atoms. The van der Waals surface area contributed by atoms with Crippen molar-refractivity contribution < 1.29 is 109 Å². The first kappa shape index (κ1) is 91.0. The molecule has 543 valence electrons. The quantitative estimate of drug-likeness (QED) is 0.0396. The van der Waals surface area contributed by atoms with Crippen molar-refractivity contribution in [2.45, 2.75) is 180 Å². The van der Waals surface area contributed by atoms with E-state index in [1.807, 2.05) is 95.2 Å². The van der Waals surface area contributed by atoms with Gasteiger partial charge in [-0.05, 0) is 116 Å². The largest absolute Gasteiger partial charge is 0.393 e. The number of hydrogen-bond donors (Lipinski definition) is 6. The van der Waals surface area contributed by atoms with Crippen molar-refractivity contribution in [2.75, 3.05) is 0 Å². The van der Waals surface area contributed by atoms with Crippen LogP contribution in [0.1, 0.15) is 138 Å². The van der Waals surface area contributed by atoms with Crippen LogP contribution in [0.25, 0.3) is 67.5 Å². The van der Waals surface area contributed by atoms with Crippen LogP contribution in [0.2, 0.25) is 0 Å². The Balaban J connectivity index is 0.000000605. The van der Waals surface area contributed by atoms with Crippen LogP contribution in [-0.4, -0.2) is 97.2 Å². The van der Waals surface area contributed by atoms with Gasteiger partial charge in [-0.1, -0.05) is 144 Å². The van der Waals surface area contributed by atoms with Crippen molar-refractivity contribution in [1.82, 2.24) is 29.9 Å². The number of nitrogens with zero attached hydrogens (tertiary/aromatic N) is 6. The predicted molar refractivity (Wildman–Crippen MR) is 378 cm³/mol. The van der Waals surface area contributed by atoms with Crippen molar-refractivity contribution >= 4 is 0 Å². The Bertz CT molecular complexity index is 3470. The normalized spacial score (nSPS) is 12.7. The van der Waals surface area contributed by atoms with Gasteiger partial charge in [0.2, 0.25) is 0 Å². The first-order valence-corrected chi connectivity index (χ1v) is 32.5. The zero-order valence-corrected chi connectivity index (χ0v) is 67.0. The molecule has 0 fully saturated rings. The standard InChI is InChI=1S/C18H15N2.2C17H11F2N2.C11H24O2.C9H20O2.C8H18O2.3Ir/c1-13-3-7-15(8-4-13)17-18(20-12-11-19-17)16-9-5-14(2)6-10-16;2*1-11-10-20-16(12-2-6-14(18)7-3-12)17(21-11)13-4-8-15(19)9-5-13;1-10(2,3)8(12)7-9(13)11(4,5)6;1-6(2)8(10)5-9(11)7(3)4;1-6(2)4-8(10)5-7(3)9;;;/h3-9,11-12H,1-2H3;2*2,4-10H,1H3;8-9,12-13H,7H2,1-6H3;6-11H,5H2,1-4H3;6-10H,4-5H2,1-3H3;;;/q3*-1;;;;;;. The summed E-state index contributed by atoms with van der Waals surface area (Å²) < 4.78 is 52.2. The van der Waals surface area contributed by atoms with Crippen molar-refractivity contribution in [2.24, 2.45) is 28.6 Å². The molecule has 0 aliphatic carbocycles. The molecular formula is C80H99F4Ir3N6O6-3. The number of aromatic nitrogens is 6. The van der Waals surface area contributed by atoms with Gasteiger partial charge in [-0.25, -0.2) is 8.78 Å². The third-order valence-corrected chi connectivity index (χ3v) is 15.2. The molecule has 3 aromatic heterocycles. The SMILES string of the molecule is CC(C)(C)C(O)CC(O)C(C)(C)C.CC(C)C(O)CC(O)C(C)C.CC(C)CC(O)CC(C)O.Cc1c[c-]c(-c2nccnc2-c2ccc(C)cc2)cc1.Cc1cnc(-c2[c-]cc(F)cc2)c(-c2ccc(F)cc2)n1.Cc1cnc(-c2[c-]cc(F)cc2)c(-c2ccc(F)cc2)n1.[Ir].[Ir].[Ir]. The maximum absolute atomic E-state index is 13.1. The minimum Gasteiger partial charge on any atom is -0.393 e. The molecule has 0 spiro atoms. The van der Waals surface area contributed by atoms with Crippen LogP contribution < -0.4 is 0 Å². The zero-order valence-electron chi connectivity index (χ0n) is 59.8. The van der Waals surface area contributed by atoms with E-state index in [9.17, 15) is 43.1 Å². The van der Waals surface area contributed by atoms with Gasteiger partial charge in [-0.15, -0.1) is 95.1 Å². The third kappa shape index (κ3) is 32.7. The van der Waals surface area contributed by atoms with Crippen molar-refractivity contribution in [1.29, 1.82) is 0 Å². The third-order valence-electron chi connectivity index (χ3n) is 15.2. The number of benzene rings is 6. The van der Waals surface area contributed by atoms with Crippen LogP contribution in [0, 0.1) is 97.7 Å². The second kappa shape index (κ2) is 44.4. The molecule has 6 aromatic carbocycles. The Morgan fingerprint density at radius 3 is 1.04 bits per heavy atom. The van der Waals surface area contributed by atoms with Gasteiger partial charge in [0.1, 0.15) is 11.6 Å². The first-order chi connectivity index (χ1) is 45.0. The number of aliphatic hydroxyl groups excluding tert-OH is 6. The second-order valence-corrected chi connectivity index (χ2v) is 27.4. The number of hydrogen-bond acceptors (Lipinski definition) is 12. The van der Waals surface area contributed by atoms with E-state index in [1.165, 1.54) is 59.7 Å². The molecular weight excluding hydrogens is 1790 g/mol. The summed E-state index contributed by atoms with van der Waals surface area (Å²) in [6.45, 7) is 33.3. The Labute approximate surface area is 626 Å².